The number of likely N-dealkylation sites (tertiary alicyclic amines) is 1. The van der Waals surface area contributed by atoms with Crippen LogP contribution in [0, 0.1) is 16.5 Å². The lowest BCUT2D eigenvalue weighted by atomic mass is 10.2. The highest BCUT2D eigenvalue weighted by Gasteiger charge is 2.22. The minimum absolute atomic E-state index is 0.00220. The SMILES string of the molecule is O=C1[CH]CCCCN1C(=O)NCc1ccc([N+](=O)[O-])cc1. The molecule has 0 atom stereocenters. The highest BCUT2D eigenvalue weighted by atomic mass is 16.6. The van der Waals surface area contributed by atoms with Gasteiger partial charge in [0.05, 0.1) is 11.3 Å². The van der Waals surface area contributed by atoms with Gasteiger partial charge in [-0.1, -0.05) is 18.6 Å². The van der Waals surface area contributed by atoms with Crippen LogP contribution >= 0.6 is 0 Å². The van der Waals surface area contributed by atoms with E-state index < -0.39 is 11.0 Å². The van der Waals surface area contributed by atoms with Gasteiger partial charge < -0.3 is 5.32 Å². The summed E-state index contributed by atoms with van der Waals surface area (Å²) in [6.07, 6.45) is 3.93. The van der Waals surface area contributed by atoms with Crippen LogP contribution in [0.1, 0.15) is 24.8 Å². The molecule has 0 aliphatic carbocycles. The van der Waals surface area contributed by atoms with E-state index in [9.17, 15) is 19.7 Å². The van der Waals surface area contributed by atoms with Crippen LogP contribution < -0.4 is 5.32 Å². The molecule has 1 heterocycles. The number of hydrogen-bond acceptors (Lipinski definition) is 4. The molecule has 1 N–H and O–H groups in total. The lowest BCUT2D eigenvalue weighted by molar-refractivity contribution is -0.384. The molecule has 0 spiro atoms. The number of rotatable bonds is 3. The molecule has 7 heteroatoms. The van der Waals surface area contributed by atoms with Gasteiger partial charge in [0, 0.05) is 25.2 Å². The summed E-state index contributed by atoms with van der Waals surface area (Å²) < 4.78 is 0. The molecule has 0 bridgehead atoms. The first kappa shape index (κ1) is 15.0. The second-order valence-electron chi connectivity index (χ2n) is 4.77. The van der Waals surface area contributed by atoms with E-state index in [-0.39, 0.29) is 18.1 Å². The van der Waals surface area contributed by atoms with E-state index in [1.165, 1.54) is 23.5 Å². The van der Waals surface area contributed by atoms with E-state index in [1.807, 2.05) is 0 Å². The van der Waals surface area contributed by atoms with Gasteiger partial charge in [-0.15, -0.1) is 0 Å². The number of nitro benzene ring substituents is 1. The zero-order valence-electron chi connectivity index (χ0n) is 11.4. The van der Waals surface area contributed by atoms with Crippen molar-refractivity contribution in [1.29, 1.82) is 0 Å². The van der Waals surface area contributed by atoms with Crippen molar-refractivity contribution in [2.75, 3.05) is 6.54 Å². The van der Waals surface area contributed by atoms with Gasteiger partial charge in [0.1, 0.15) is 0 Å². The lowest BCUT2D eigenvalue weighted by Crippen LogP contribution is -2.43. The number of nitrogens with zero attached hydrogens (tertiary/aromatic N) is 2. The van der Waals surface area contributed by atoms with E-state index in [4.69, 9.17) is 0 Å². The first-order chi connectivity index (χ1) is 10.1. The number of urea groups is 1. The second kappa shape index (κ2) is 6.83. The first-order valence-corrected chi connectivity index (χ1v) is 6.74. The van der Waals surface area contributed by atoms with Gasteiger partial charge in [0.2, 0.25) is 5.91 Å². The summed E-state index contributed by atoms with van der Waals surface area (Å²) in [5.41, 5.74) is 0.738. The zero-order chi connectivity index (χ0) is 15.2. The standard InChI is InChI=1S/C14H16N3O4/c18-13-4-2-1-3-9-16(13)14(19)15-10-11-5-7-12(8-6-11)17(20)21/h4-8H,1-3,9-10H2,(H,15,19). The Morgan fingerprint density at radius 1 is 1.29 bits per heavy atom. The molecule has 1 aliphatic rings. The summed E-state index contributed by atoms with van der Waals surface area (Å²) >= 11 is 0. The van der Waals surface area contributed by atoms with Crippen LogP contribution in [0.3, 0.4) is 0 Å². The van der Waals surface area contributed by atoms with Crippen LogP contribution in [0.15, 0.2) is 24.3 Å². The maximum atomic E-state index is 12.0. The summed E-state index contributed by atoms with van der Waals surface area (Å²) in [6, 6.07) is 5.49. The molecular formula is C14H16N3O4. The number of carbonyl (C=O) groups excluding carboxylic acids is 2. The number of nitrogens with one attached hydrogen (secondary N) is 1. The molecule has 3 amide bonds. The Balaban J connectivity index is 1.90. The molecule has 2 rings (SSSR count). The topological polar surface area (TPSA) is 92.6 Å². The van der Waals surface area contributed by atoms with Gasteiger partial charge in [0.15, 0.2) is 0 Å². The fourth-order valence-corrected chi connectivity index (χ4v) is 2.07. The van der Waals surface area contributed by atoms with Crippen LogP contribution in [0.2, 0.25) is 0 Å². The molecule has 21 heavy (non-hydrogen) atoms. The van der Waals surface area contributed by atoms with Gasteiger partial charge in [-0.3, -0.25) is 19.8 Å². The van der Waals surface area contributed by atoms with E-state index in [1.54, 1.807) is 12.1 Å². The van der Waals surface area contributed by atoms with Crippen molar-refractivity contribution in [2.45, 2.75) is 25.8 Å². The van der Waals surface area contributed by atoms with Gasteiger partial charge >= 0.3 is 6.03 Å². The molecule has 1 aliphatic heterocycles. The van der Waals surface area contributed by atoms with E-state index in [0.29, 0.717) is 13.0 Å². The van der Waals surface area contributed by atoms with E-state index in [2.05, 4.69) is 5.32 Å². The summed E-state index contributed by atoms with van der Waals surface area (Å²) in [5.74, 6) is -0.270. The third-order valence-corrected chi connectivity index (χ3v) is 3.26. The van der Waals surface area contributed by atoms with Gasteiger partial charge in [0.25, 0.3) is 5.69 Å². The molecule has 1 aromatic carbocycles. The van der Waals surface area contributed by atoms with Crippen molar-refractivity contribution < 1.29 is 14.5 Å². The Hall–Kier alpha value is -2.44. The zero-order valence-corrected chi connectivity index (χ0v) is 11.4. The molecular weight excluding hydrogens is 274 g/mol. The van der Waals surface area contributed by atoms with Crippen LogP contribution in [-0.4, -0.2) is 28.3 Å². The highest BCUT2D eigenvalue weighted by molar-refractivity contribution is 5.98. The van der Waals surface area contributed by atoms with Crippen LogP contribution in [0.4, 0.5) is 10.5 Å². The summed E-state index contributed by atoms with van der Waals surface area (Å²) in [5, 5.41) is 13.2. The molecule has 0 aromatic heterocycles. The average Bonchev–Trinajstić information content (AvgIpc) is 2.70. The average molecular weight is 290 g/mol. The predicted molar refractivity (Wildman–Crippen MR) is 75.2 cm³/mol. The third kappa shape index (κ3) is 4.01. The maximum Gasteiger partial charge on any atom is 0.324 e. The van der Waals surface area contributed by atoms with Gasteiger partial charge in [-0.25, -0.2) is 4.79 Å². The summed E-state index contributed by atoms with van der Waals surface area (Å²) in [4.78, 5) is 35.0. The van der Waals surface area contributed by atoms with Crippen LogP contribution in [0.5, 0.6) is 0 Å². The Kier molecular flexibility index (Phi) is 4.86. The number of non-ortho nitro benzene ring substituents is 1. The third-order valence-electron chi connectivity index (χ3n) is 3.26. The van der Waals surface area contributed by atoms with Crippen molar-refractivity contribution in [3.05, 3.63) is 46.4 Å². The van der Waals surface area contributed by atoms with Crippen molar-refractivity contribution in [1.82, 2.24) is 10.2 Å². The number of hydrogen-bond donors (Lipinski definition) is 1. The maximum absolute atomic E-state index is 12.0. The quantitative estimate of drug-likeness (QED) is 0.680. The molecule has 111 valence electrons. The van der Waals surface area contributed by atoms with Gasteiger partial charge in [-0.2, -0.15) is 0 Å². The first-order valence-electron chi connectivity index (χ1n) is 6.74. The molecule has 1 saturated heterocycles. The van der Waals surface area contributed by atoms with Crippen molar-refractivity contribution in [3.8, 4) is 0 Å². The number of imide groups is 1. The van der Waals surface area contributed by atoms with E-state index in [0.717, 1.165) is 18.4 Å². The minimum atomic E-state index is -0.478. The Bertz CT molecular complexity index is 542. The number of benzene rings is 1. The van der Waals surface area contributed by atoms with Crippen LogP contribution in [-0.2, 0) is 11.3 Å². The fourth-order valence-electron chi connectivity index (χ4n) is 2.07. The summed E-state index contributed by atoms with van der Waals surface area (Å²) in [6.45, 7) is 0.641. The predicted octanol–water partition coefficient (Wildman–Crippen LogP) is 2.02. The molecule has 0 saturated carbocycles. The van der Waals surface area contributed by atoms with Crippen LogP contribution in [0.25, 0.3) is 0 Å². The highest BCUT2D eigenvalue weighted by Crippen LogP contribution is 2.13. The minimum Gasteiger partial charge on any atom is -0.334 e. The molecule has 1 aromatic rings. The fraction of sp³-hybridized carbons (Fsp3) is 0.357. The molecule has 1 radical (unpaired) electrons. The monoisotopic (exact) mass is 290 g/mol. The number of carbonyl (C=O) groups is 2. The summed E-state index contributed by atoms with van der Waals surface area (Å²) in [7, 11) is 0. The molecule has 7 nitrogen and oxygen atoms in total. The second-order valence-corrected chi connectivity index (χ2v) is 4.77. The van der Waals surface area contributed by atoms with Crippen molar-refractivity contribution in [2.24, 2.45) is 0 Å². The normalized spacial score (nSPS) is 15.4. The van der Waals surface area contributed by atoms with Crippen molar-refractivity contribution >= 4 is 17.6 Å². The smallest absolute Gasteiger partial charge is 0.324 e. The number of amides is 3. The van der Waals surface area contributed by atoms with Gasteiger partial charge in [-0.05, 0) is 18.4 Å². The van der Waals surface area contributed by atoms with Crippen molar-refractivity contribution in [3.63, 3.8) is 0 Å². The Labute approximate surface area is 122 Å². The Morgan fingerprint density at radius 2 is 2.00 bits per heavy atom. The molecule has 1 fully saturated rings. The largest absolute Gasteiger partial charge is 0.334 e. The molecule has 0 unspecified atom stereocenters. The Morgan fingerprint density at radius 3 is 2.67 bits per heavy atom. The van der Waals surface area contributed by atoms with E-state index >= 15 is 0 Å². The lowest BCUT2D eigenvalue weighted by Gasteiger charge is -2.18. The number of nitro groups is 1.